The van der Waals surface area contributed by atoms with Gasteiger partial charge in [0.1, 0.15) is 6.10 Å². The molecule has 0 aromatic carbocycles. The van der Waals surface area contributed by atoms with Crippen LogP contribution in [-0.4, -0.2) is 73.4 Å². The highest BCUT2D eigenvalue weighted by Crippen LogP contribution is 2.40. The van der Waals surface area contributed by atoms with Crippen molar-refractivity contribution in [3.8, 4) is 34.3 Å². The van der Waals surface area contributed by atoms with Crippen molar-refractivity contribution in [3.05, 3.63) is 72.6 Å². The van der Waals surface area contributed by atoms with E-state index in [0.29, 0.717) is 10.0 Å². The van der Waals surface area contributed by atoms with Crippen molar-refractivity contribution >= 4 is 11.3 Å². The molecule has 0 saturated heterocycles. The average Bonchev–Trinajstić information content (AvgIpc) is 3.74. The largest absolute Gasteiger partial charge is 0.472 e. The van der Waals surface area contributed by atoms with Gasteiger partial charge in [-0.2, -0.15) is 26.3 Å². The molecule has 1 fully saturated rings. The molecule has 2 unspecified atom stereocenters. The van der Waals surface area contributed by atoms with Gasteiger partial charge >= 0.3 is 12.4 Å². The lowest BCUT2D eigenvalue weighted by Gasteiger charge is -2.34. The number of halogens is 11. The number of hydrogen-bond acceptors (Lipinski definition) is 10. The lowest BCUT2D eigenvalue weighted by molar-refractivity contribution is -0.190. The van der Waals surface area contributed by atoms with Crippen LogP contribution in [0.3, 0.4) is 0 Å². The van der Waals surface area contributed by atoms with Crippen molar-refractivity contribution in [1.82, 2.24) is 49.1 Å². The number of aromatic nitrogens is 10. The summed E-state index contributed by atoms with van der Waals surface area (Å²) in [4.78, 5) is 15.3. The van der Waals surface area contributed by atoms with Crippen LogP contribution in [0.25, 0.3) is 33.8 Å². The minimum atomic E-state index is -4.73. The quantitative estimate of drug-likeness (QED) is 0.146. The minimum absolute atomic E-state index is 0.0130. The second-order valence-corrected chi connectivity index (χ2v) is 11.5. The Hall–Kier alpha value is -5.77. The molecule has 6 heterocycles. The third kappa shape index (κ3) is 9.13. The normalized spacial score (nSPS) is 15.3. The van der Waals surface area contributed by atoms with E-state index in [0.717, 1.165) is 43.8 Å². The fourth-order valence-corrected chi connectivity index (χ4v) is 4.77. The Bertz CT molecular complexity index is 2270. The molecule has 0 N–H and O–H groups in total. The van der Waals surface area contributed by atoms with E-state index in [1.165, 1.54) is 23.7 Å². The van der Waals surface area contributed by atoms with Gasteiger partial charge in [-0.3, -0.25) is 18.8 Å². The fourth-order valence-electron chi connectivity index (χ4n) is 4.77. The molecule has 12 nitrogen and oxygen atoms in total. The monoisotopic (exact) mass is 792 g/mol. The second-order valence-electron chi connectivity index (χ2n) is 11.5. The zero-order valence-corrected chi connectivity index (χ0v) is 28.7. The summed E-state index contributed by atoms with van der Waals surface area (Å²) in [6, 6.07) is 1.88. The Morgan fingerprint density at radius 1 is 0.727 bits per heavy atom. The Kier molecular flexibility index (Phi) is 11.4. The first kappa shape index (κ1) is 40.4. The van der Waals surface area contributed by atoms with Gasteiger partial charge in [-0.25, -0.2) is 31.9 Å². The SMILES string of the molecule is CC.CC(F)c1nnc2cnc(-c3cnc(OC(C)C(F)(F)F)c(F)c3)cn12.Fc1cc(-c2cn3c(C(F)(F)F)nnc3cn2)cnc1OC1CC(F)(F)C1. The van der Waals surface area contributed by atoms with E-state index in [4.69, 9.17) is 4.74 Å². The van der Waals surface area contributed by atoms with Gasteiger partial charge in [0.05, 0.1) is 23.8 Å². The minimum Gasteiger partial charge on any atom is -0.472 e. The molecular formula is C32H27F11N10O2. The molecule has 0 bridgehead atoms. The van der Waals surface area contributed by atoms with Crippen molar-refractivity contribution in [2.24, 2.45) is 0 Å². The number of pyridine rings is 2. The summed E-state index contributed by atoms with van der Waals surface area (Å²) >= 11 is 0. The number of hydrogen-bond donors (Lipinski definition) is 0. The van der Waals surface area contributed by atoms with E-state index in [1.807, 2.05) is 13.8 Å². The maximum absolute atomic E-state index is 14.2. The third-order valence-electron chi connectivity index (χ3n) is 7.51. The number of alkyl halides is 9. The standard InChI is InChI=1S/C15H9F6N5O.C15H12F5N5O.C2H6/c16-9-1-7(4-23-12(9)27-8-2-14(17,18)3-8)10-6-26-11(5-22-10)24-25-13(26)15(19,20)21;1-7(16)13-24-23-12-5-21-11(6-25(12)13)9-3-10(17)14(22-4-9)26-8(2)15(18,19)20;1-2/h1,4-6,8H,2-3H2;3-8H,1-2H3;1-2H3. The van der Waals surface area contributed by atoms with Crippen molar-refractivity contribution < 1.29 is 57.8 Å². The van der Waals surface area contributed by atoms with Gasteiger partial charge < -0.3 is 9.47 Å². The topological polar surface area (TPSA) is 130 Å². The van der Waals surface area contributed by atoms with Crippen molar-refractivity contribution in [2.45, 2.75) is 77.2 Å². The van der Waals surface area contributed by atoms with Crippen LogP contribution in [0.1, 0.15) is 58.4 Å². The van der Waals surface area contributed by atoms with E-state index in [9.17, 15) is 48.3 Å². The highest BCUT2D eigenvalue weighted by molar-refractivity contribution is 5.60. The molecule has 2 atom stereocenters. The van der Waals surface area contributed by atoms with E-state index >= 15 is 0 Å². The zero-order valence-electron chi connectivity index (χ0n) is 28.7. The first-order valence-electron chi connectivity index (χ1n) is 16.0. The molecule has 7 rings (SSSR count). The molecule has 23 heteroatoms. The smallest absolute Gasteiger partial charge is 0.452 e. The molecule has 1 saturated carbocycles. The first-order valence-corrected chi connectivity index (χ1v) is 16.0. The Morgan fingerprint density at radius 2 is 1.24 bits per heavy atom. The summed E-state index contributed by atoms with van der Waals surface area (Å²) in [6.07, 6.45) is -7.89. The maximum atomic E-state index is 14.2. The van der Waals surface area contributed by atoms with Crippen molar-refractivity contribution in [1.29, 1.82) is 0 Å². The summed E-state index contributed by atoms with van der Waals surface area (Å²) in [5.74, 6) is -7.29. The molecule has 1 aliphatic rings. The van der Waals surface area contributed by atoms with Crippen molar-refractivity contribution in [3.63, 3.8) is 0 Å². The summed E-state index contributed by atoms with van der Waals surface area (Å²) in [5.41, 5.74) is 0.595. The van der Waals surface area contributed by atoms with Gasteiger partial charge in [-0.05, 0) is 26.0 Å². The molecule has 6 aromatic heterocycles. The van der Waals surface area contributed by atoms with Crippen LogP contribution in [0.5, 0.6) is 11.8 Å². The molecule has 6 aromatic rings. The second kappa shape index (κ2) is 15.5. The molecule has 1 aliphatic carbocycles. The Morgan fingerprint density at radius 3 is 1.73 bits per heavy atom. The lowest BCUT2D eigenvalue weighted by Crippen LogP contribution is -2.43. The van der Waals surface area contributed by atoms with E-state index < -0.39 is 78.7 Å². The van der Waals surface area contributed by atoms with Crippen LogP contribution in [-0.2, 0) is 6.18 Å². The summed E-state index contributed by atoms with van der Waals surface area (Å²) in [6.45, 7) is 6.03. The van der Waals surface area contributed by atoms with Crippen LogP contribution >= 0.6 is 0 Å². The molecule has 294 valence electrons. The molecule has 0 radical (unpaired) electrons. The van der Waals surface area contributed by atoms with Gasteiger partial charge in [0.15, 0.2) is 41.0 Å². The molecule has 55 heavy (non-hydrogen) atoms. The molecule has 0 aliphatic heterocycles. The van der Waals surface area contributed by atoms with Crippen molar-refractivity contribution in [2.75, 3.05) is 0 Å². The predicted octanol–water partition coefficient (Wildman–Crippen LogP) is 8.23. The van der Waals surface area contributed by atoms with Crippen LogP contribution in [0.2, 0.25) is 0 Å². The maximum Gasteiger partial charge on any atom is 0.452 e. The van der Waals surface area contributed by atoms with Gasteiger partial charge in [0, 0.05) is 48.8 Å². The predicted molar refractivity (Wildman–Crippen MR) is 169 cm³/mol. The first-order chi connectivity index (χ1) is 25.8. The van der Waals surface area contributed by atoms with Gasteiger partial charge in [0.25, 0.3) is 17.7 Å². The Balaban J connectivity index is 0.000000202. The molecule has 0 spiro atoms. The van der Waals surface area contributed by atoms with Crippen LogP contribution in [0.4, 0.5) is 48.3 Å². The van der Waals surface area contributed by atoms with Crippen LogP contribution < -0.4 is 9.47 Å². The number of ether oxygens (including phenoxy) is 2. The van der Waals surface area contributed by atoms with E-state index in [2.05, 4.69) is 45.1 Å². The highest BCUT2D eigenvalue weighted by Gasteiger charge is 2.47. The molecular weight excluding hydrogens is 765 g/mol. The van der Waals surface area contributed by atoms with Crippen LogP contribution in [0.15, 0.2) is 49.3 Å². The van der Waals surface area contributed by atoms with Gasteiger partial charge in [-0.1, -0.05) is 13.8 Å². The van der Waals surface area contributed by atoms with Gasteiger partial charge in [-0.15, -0.1) is 20.4 Å². The number of nitrogens with zero attached hydrogens (tertiary/aromatic N) is 10. The summed E-state index contributed by atoms with van der Waals surface area (Å²) in [5, 5.41) is 13.9. The zero-order chi connectivity index (χ0) is 40.5. The van der Waals surface area contributed by atoms with E-state index in [-0.39, 0.29) is 34.0 Å². The average molecular weight is 793 g/mol. The molecule has 0 amide bonds. The van der Waals surface area contributed by atoms with Crippen LogP contribution in [0, 0.1) is 11.6 Å². The highest BCUT2D eigenvalue weighted by atomic mass is 19.4. The fraction of sp³-hybridized carbons (Fsp3) is 0.375. The Labute approximate surface area is 302 Å². The van der Waals surface area contributed by atoms with E-state index in [1.54, 1.807) is 0 Å². The number of fused-ring (bicyclic) bond motifs is 2. The summed E-state index contributed by atoms with van der Waals surface area (Å²) < 4.78 is 155. The summed E-state index contributed by atoms with van der Waals surface area (Å²) in [7, 11) is 0. The van der Waals surface area contributed by atoms with Gasteiger partial charge in [0.2, 0.25) is 5.82 Å². The lowest BCUT2D eigenvalue weighted by atomic mass is 9.91. The number of rotatable bonds is 7. The third-order valence-corrected chi connectivity index (χ3v) is 7.51.